The van der Waals surface area contributed by atoms with Crippen molar-refractivity contribution in [1.82, 2.24) is 15.5 Å². The highest BCUT2D eigenvalue weighted by Crippen LogP contribution is 2.10. The van der Waals surface area contributed by atoms with Crippen LogP contribution in [-0.2, 0) is 6.42 Å². The molecule has 21 heavy (non-hydrogen) atoms. The molecule has 4 nitrogen and oxygen atoms in total. The fourth-order valence-electron chi connectivity index (χ4n) is 1.76. The fraction of sp³-hybridized carbons (Fsp3) is 0.533. The van der Waals surface area contributed by atoms with E-state index < -0.39 is 0 Å². The Balaban J connectivity index is 0.00000400. The van der Waals surface area contributed by atoms with E-state index in [9.17, 15) is 0 Å². The van der Waals surface area contributed by atoms with Gasteiger partial charge >= 0.3 is 0 Å². The number of nitrogens with zero attached hydrogens (tertiary/aromatic N) is 2. The lowest BCUT2D eigenvalue weighted by Gasteiger charge is -2.16. The zero-order valence-corrected chi connectivity index (χ0v) is 16.1. The van der Waals surface area contributed by atoms with Crippen molar-refractivity contribution in [2.75, 3.05) is 40.3 Å². The molecule has 0 amide bonds. The van der Waals surface area contributed by atoms with Crippen molar-refractivity contribution in [3.8, 4) is 0 Å². The van der Waals surface area contributed by atoms with Gasteiger partial charge in [-0.15, -0.1) is 24.0 Å². The number of guanidine groups is 1. The van der Waals surface area contributed by atoms with E-state index in [4.69, 9.17) is 11.6 Å². The molecule has 0 unspecified atom stereocenters. The first-order valence-corrected chi connectivity index (χ1v) is 7.41. The second kappa shape index (κ2) is 12.1. The smallest absolute Gasteiger partial charge is 0.191 e. The van der Waals surface area contributed by atoms with Crippen LogP contribution in [0.2, 0.25) is 5.02 Å². The van der Waals surface area contributed by atoms with Gasteiger partial charge in [-0.25, -0.2) is 0 Å². The number of nitrogens with one attached hydrogen (secondary N) is 2. The minimum Gasteiger partial charge on any atom is -0.356 e. The molecule has 120 valence electrons. The summed E-state index contributed by atoms with van der Waals surface area (Å²) in [4.78, 5) is 6.47. The molecule has 1 rings (SSSR count). The number of likely N-dealkylation sites (N-methyl/N-ethyl adjacent to an activating group) is 1. The van der Waals surface area contributed by atoms with Gasteiger partial charge in [0.1, 0.15) is 0 Å². The van der Waals surface area contributed by atoms with Crippen molar-refractivity contribution in [3.63, 3.8) is 0 Å². The van der Waals surface area contributed by atoms with E-state index in [0.717, 1.165) is 43.6 Å². The Morgan fingerprint density at radius 2 is 2.00 bits per heavy atom. The van der Waals surface area contributed by atoms with Crippen LogP contribution >= 0.6 is 35.6 Å². The lowest BCUT2D eigenvalue weighted by molar-refractivity contribution is 0.357. The lowest BCUT2D eigenvalue weighted by atomic mass is 10.1. The first-order chi connectivity index (χ1) is 9.65. The summed E-state index contributed by atoms with van der Waals surface area (Å²) < 4.78 is 0. The minimum absolute atomic E-state index is 0. The molecule has 0 radical (unpaired) electrons. The molecule has 0 aliphatic carbocycles. The second-order valence-electron chi connectivity index (χ2n) is 4.70. The van der Waals surface area contributed by atoms with Gasteiger partial charge in [0, 0.05) is 31.7 Å². The van der Waals surface area contributed by atoms with E-state index in [0.29, 0.717) is 0 Å². The summed E-state index contributed by atoms with van der Waals surface area (Å²) in [6, 6.07) is 7.95. The summed E-state index contributed by atoms with van der Waals surface area (Å²) in [6.45, 7) is 5.94. The molecular weight excluding hydrogens is 399 g/mol. The first-order valence-electron chi connectivity index (χ1n) is 7.03. The van der Waals surface area contributed by atoms with Gasteiger partial charge in [-0.3, -0.25) is 4.99 Å². The van der Waals surface area contributed by atoms with Crippen LogP contribution in [0.5, 0.6) is 0 Å². The number of aliphatic imine (C=N–C) groups is 1. The van der Waals surface area contributed by atoms with Crippen LogP contribution < -0.4 is 10.6 Å². The van der Waals surface area contributed by atoms with E-state index in [-0.39, 0.29) is 24.0 Å². The van der Waals surface area contributed by atoms with Gasteiger partial charge in [-0.05, 0) is 37.7 Å². The van der Waals surface area contributed by atoms with Crippen molar-refractivity contribution in [1.29, 1.82) is 0 Å². The Kier molecular flexibility index (Phi) is 11.8. The third kappa shape index (κ3) is 9.16. The van der Waals surface area contributed by atoms with E-state index in [1.54, 1.807) is 7.05 Å². The number of hydrogen-bond donors (Lipinski definition) is 2. The maximum atomic E-state index is 5.96. The minimum atomic E-state index is 0. The van der Waals surface area contributed by atoms with Crippen LogP contribution in [0, 0.1) is 0 Å². The average Bonchev–Trinajstić information content (AvgIpc) is 2.45. The number of rotatable bonds is 7. The van der Waals surface area contributed by atoms with Crippen molar-refractivity contribution < 1.29 is 0 Å². The molecule has 0 spiro atoms. The van der Waals surface area contributed by atoms with Crippen molar-refractivity contribution in [2.45, 2.75) is 13.3 Å². The van der Waals surface area contributed by atoms with Gasteiger partial charge in [0.25, 0.3) is 0 Å². The molecule has 0 bridgehead atoms. The Bertz CT molecular complexity index is 426. The molecule has 0 saturated heterocycles. The SMILES string of the molecule is CCN(C)CCNC(=NC)NCCc1cccc(Cl)c1.I. The van der Waals surface area contributed by atoms with Gasteiger partial charge < -0.3 is 15.5 Å². The summed E-state index contributed by atoms with van der Waals surface area (Å²) in [7, 11) is 3.90. The van der Waals surface area contributed by atoms with Crippen LogP contribution in [0.15, 0.2) is 29.3 Å². The van der Waals surface area contributed by atoms with Crippen LogP contribution in [0.25, 0.3) is 0 Å². The molecule has 0 aliphatic rings. The molecular formula is C15H26ClIN4. The lowest BCUT2D eigenvalue weighted by Crippen LogP contribution is -2.41. The first kappa shape index (κ1) is 20.5. The molecule has 6 heteroatoms. The summed E-state index contributed by atoms with van der Waals surface area (Å²) in [5.74, 6) is 0.844. The maximum absolute atomic E-state index is 5.96. The van der Waals surface area contributed by atoms with Gasteiger partial charge in [0.05, 0.1) is 0 Å². The molecule has 0 fully saturated rings. The topological polar surface area (TPSA) is 39.7 Å². The van der Waals surface area contributed by atoms with Gasteiger partial charge in [-0.2, -0.15) is 0 Å². The van der Waals surface area contributed by atoms with Crippen LogP contribution in [0.1, 0.15) is 12.5 Å². The Morgan fingerprint density at radius 1 is 1.29 bits per heavy atom. The third-order valence-electron chi connectivity index (χ3n) is 3.14. The molecule has 0 aromatic heterocycles. The maximum Gasteiger partial charge on any atom is 0.191 e. The molecule has 0 aliphatic heterocycles. The predicted octanol–water partition coefficient (Wildman–Crippen LogP) is 2.62. The van der Waals surface area contributed by atoms with Crippen molar-refractivity contribution in [3.05, 3.63) is 34.9 Å². The standard InChI is InChI=1S/C15H25ClN4.HI/c1-4-20(3)11-10-19-15(17-2)18-9-8-13-6-5-7-14(16)12-13;/h5-7,12H,4,8-11H2,1-3H3,(H2,17,18,19);1H. The monoisotopic (exact) mass is 424 g/mol. The number of hydrogen-bond acceptors (Lipinski definition) is 2. The predicted molar refractivity (Wildman–Crippen MR) is 103 cm³/mol. The molecule has 2 N–H and O–H groups in total. The molecule has 1 aromatic rings. The van der Waals surface area contributed by atoms with Crippen LogP contribution in [-0.4, -0.2) is 51.1 Å². The zero-order chi connectivity index (χ0) is 14.8. The Labute approximate surface area is 150 Å². The van der Waals surface area contributed by atoms with Gasteiger partial charge in [0.2, 0.25) is 0 Å². The summed E-state index contributed by atoms with van der Waals surface area (Å²) >= 11 is 5.96. The quantitative estimate of drug-likeness (QED) is 0.401. The average molecular weight is 425 g/mol. The van der Waals surface area contributed by atoms with E-state index in [2.05, 4.69) is 40.6 Å². The number of halogens is 2. The van der Waals surface area contributed by atoms with E-state index >= 15 is 0 Å². The molecule has 0 heterocycles. The van der Waals surface area contributed by atoms with Gasteiger partial charge in [0.15, 0.2) is 5.96 Å². The van der Waals surface area contributed by atoms with Crippen molar-refractivity contribution in [2.24, 2.45) is 4.99 Å². The fourth-order valence-corrected chi connectivity index (χ4v) is 1.97. The highest BCUT2D eigenvalue weighted by molar-refractivity contribution is 14.0. The molecule has 0 saturated carbocycles. The second-order valence-corrected chi connectivity index (χ2v) is 5.14. The largest absolute Gasteiger partial charge is 0.356 e. The van der Waals surface area contributed by atoms with Crippen LogP contribution in [0.3, 0.4) is 0 Å². The summed E-state index contributed by atoms with van der Waals surface area (Å²) in [5, 5.41) is 7.39. The van der Waals surface area contributed by atoms with Crippen LogP contribution in [0.4, 0.5) is 0 Å². The molecule has 1 aromatic carbocycles. The third-order valence-corrected chi connectivity index (χ3v) is 3.38. The number of benzene rings is 1. The summed E-state index contributed by atoms with van der Waals surface area (Å²) in [6.07, 6.45) is 0.927. The van der Waals surface area contributed by atoms with Gasteiger partial charge in [-0.1, -0.05) is 30.7 Å². The van der Waals surface area contributed by atoms with E-state index in [1.165, 1.54) is 5.56 Å². The highest BCUT2D eigenvalue weighted by Gasteiger charge is 1.99. The van der Waals surface area contributed by atoms with Crippen molar-refractivity contribution >= 4 is 41.5 Å². The molecule has 0 atom stereocenters. The Morgan fingerprint density at radius 3 is 2.62 bits per heavy atom. The van der Waals surface area contributed by atoms with E-state index in [1.807, 2.05) is 18.2 Å². The highest BCUT2D eigenvalue weighted by atomic mass is 127. The zero-order valence-electron chi connectivity index (χ0n) is 13.0. The summed E-state index contributed by atoms with van der Waals surface area (Å²) in [5.41, 5.74) is 1.23. The normalized spacial score (nSPS) is 11.2. The Hall–Kier alpha value is -0.530.